The van der Waals surface area contributed by atoms with Gasteiger partial charge < -0.3 is 5.73 Å². The first-order valence-corrected chi connectivity index (χ1v) is 6.76. The number of fused-ring (bicyclic) bond motifs is 1. The molecule has 0 amide bonds. The minimum absolute atomic E-state index is 0.181. The van der Waals surface area contributed by atoms with Gasteiger partial charge in [-0.2, -0.15) is 0 Å². The number of benzene rings is 1. The molecule has 92 valence electrons. The van der Waals surface area contributed by atoms with Gasteiger partial charge in [-0.3, -0.25) is 4.99 Å². The molecule has 2 N–H and O–H groups in total. The van der Waals surface area contributed by atoms with Crippen LogP contribution in [0.3, 0.4) is 0 Å². The Kier molecular flexibility index (Phi) is 2.60. The van der Waals surface area contributed by atoms with E-state index in [-0.39, 0.29) is 11.9 Å². The molecule has 2 aliphatic rings. The van der Waals surface area contributed by atoms with Crippen molar-refractivity contribution >= 4 is 16.9 Å². The Balaban J connectivity index is 2.04. The SMILES string of the molecule is C#Cc1ccc(F)c(C2N=C(N)SC3C(C)C23)c1. The minimum Gasteiger partial charge on any atom is -0.379 e. The molecule has 0 spiro atoms. The fourth-order valence-corrected chi connectivity index (χ4v) is 3.95. The Hall–Kier alpha value is -1.47. The summed E-state index contributed by atoms with van der Waals surface area (Å²) in [5.41, 5.74) is 7.07. The topological polar surface area (TPSA) is 38.4 Å². The van der Waals surface area contributed by atoms with Crippen LogP contribution in [0.1, 0.15) is 24.1 Å². The third kappa shape index (κ3) is 1.70. The van der Waals surface area contributed by atoms with Crippen molar-refractivity contribution in [3.8, 4) is 12.3 Å². The summed E-state index contributed by atoms with van der Waals surface area (Å²) in [6, 6.07) is 4.56. The average molecular weight is 260 g/mol. The van der Waals surface area contributed by atoms with Crippen LogP contribution >= 0.6 is 11.8 Å². The third-order valence-corrected chi connectivity index (χ3v) is 5.10. The van der Waals surface area contributed by atoms with Crippen LogP contribution in [0.25, 0.3) is 0 Å². The van der Waals surface area contributed by atoms with E-state index in [1.807, 2.05) is 0 Å². The van der Waals surface area contributed by atoms with Crippen LogP contribution in [0.5, 0.6) is 0 Å². The summed E-state index contributed by atoms with van der Waals surface area (Å²) in [6.45, 7) is 2.16. The normalized spacial score (nSPS) is 33.3. The molecule has 3 rings (SSSR count). The van der Waals surface area contributed by atoms with Gasteiger partial charge in [0.2, 0.25) is 0 Å². The lowest BCUT2D eigenvalue weighted by atomic mass is 9.99. The minimum atomic E-state index is -0.250. The van der Waals surface area contributed by atoms with Gasteiger partial charge in [0.25, 0.3) is 0 Å². The van der Waals surface area contributed by atoms with Gasteiger partial charge in [-0.15, -0.1) is 6.42 Å². The molecule has 1 saturated carbocycles. The highest BCUT2D eigenvalue weighted by atomic mass is 32.2. The number of terminal acetylenes is 1. The van der Waals surface area contributed by atoms with Gasteiger partial charge >= 0.3 is 0 Å². The first-order chi connectivity index (χ1) is 8.61. The van der Waals surface area contributed by atoms with Crippen molar-refractivity contribution in [3.05, 3.63) is 35.1 Å². The maximum Gasteiger partial charge on any atom is 0.154 e. The van der Waals surface area contributed by atoms with Gasteiger partial charge in [0.05, 0.1) is 6.04 Å². The second-order valence-electron chi connectivity index (χ2n) is 4.81. The van der Waals surface area contributed by atoms with Crippen molar-refractivity contribution in [2.75, 3.05) is 0 Å². The third-order valence-electron chi connectivity index (χ3n) is 3.73. The monoisotopic (exact) mass is 260 g/mol. The van der Waals surface area contributed by atoms with Gasteiger partial charge in [0, 0.05) is 22.3 Å². The molecule has 0 radical (unpaired) electrons. The van der Waals surface area contributed by atoms with E-state index in [2.05, 4.69) is 17.8 Å². The summed E-state index contributed by atoms with van der Waals surface area (Å²) in [4.78, 5) is 4.41. The number of halogens is 1. The van der Waals surface area contributed by atoms with Crippen LogP contribution in [0.4, 0.5) is 4.39 Å². The van der Waals surface area contributed by atoms with Gasteiger partial charge in [-0.05, 0) is 24.1 Å². The molecule has 1 aromatic rings. The van der Waals surface area contributed by atoms with Crippen molar-refractivity contribution in [1.29, 1.82) is 0 Å². The number of nitrogens with zero attached hydrogens (tertiary/aromatic N) is 1. The molecule has 1 aromatic carbocycles. The van der Waals surface area contributed by atoms with E-state index < -0.39 is 0 Å². The summed E-state index contributed by atoms with van der Waals surface area (Å²) < 4.78 is 14.0. The largest absolute Gasteiger partial charge is 0.379 e. The summed E-state index contributed by atoms with van der Waals surface area (Å²) in [5, 5.41) is 1.03. The molecular formula is C14H13FN2S. The molecular weight excluding hydrogens is 247 g/mol. The van der Waals surface area contributed by atoms with Crippen molar-refractivity contribution in [2.24, 2.45) is 22.6 Å². The van der Waals surface area contributed by atoms with Crippen molar-refractivity contribution in [3.63, 3.8) is 0 Å². The number of thioether (sulfide) groups is 1. The molecule has 1 heterocycles. The Labute approximate surface area is 110 Å². The average Bonchev–Trinajstić information content (AvgIpc) is 3.00. The van der Waals surface area contributed by atoms with E-state index in [0.29, 0.717) is 33.4 Å². The molecule has 18 heavy (non-hydrogen) atoms. The van der Waals surface area contributed by atoms with E-state index >= 15 is 0 Å². The predicted octanol–water partition coefficient (Wildman–Crippen LogP) is 2.54. The molecule has 0 bridgehead atoms. The van der Waals surface area contributed by atoms with Crippen molar-refractivity contribution in [1.82, 2.24) is 0 Å². The molecule has 1 fully saturated rings. The van der Waals surface area contributed by atoms with Crippen molar-refractivity contribution < 1.29 is 4.39 Å². The molecule has 2 nitrogen and oxygen atoms in total. The first-order valence-electron chi connectivity index (χ1n) is 5.88. The van der Waals surface area contributed by atoms with E-state index in [9.17, 15) is 4.39 Å². The zero-order valence-electron chi connectivity index (χ0n) is 9.93. The molecule has 4 unspecified atom stereocenters. The Morgan fingerprint density at radius 2 is 2.28 bits per heavy atom. The van der Waals surface area contributed by atoms with E-state index in [0.717, 1.165) is 0 Å². The zero-order chi connectivity index (χ0) is 12.9. The molecule has 1 aliphatic carbocycles. The predicted molar refractivity (Wildman–Crippen MR) is 72.7 cm³/mol. The molecule has 1 aliphatic heterocycles. The van der Waals surface area contributed by atoms with E-state index in [1.54, 1.807) is 23.9 Å². The van der Waals surface area contributed by atoms with Gasteiger partial charge in [0.15, 0.2) is 5.17 Å². The standard InChI is InChI=1S/C14H13FN2S/c1-3-8-4-5-10(15)9(6-8)12-11-7(2)13(11)18-14(16)17-12/h1,4-7,11-13H,2H3,(H2,16,17). The van der Waals surface area contributed by atoms with Gasteiger partial charge in [-0.25, -0.2) is 4.39 Å². The number of amidine groups is 1. The summed E-state index contributed by atoms with van der Waals surface area (Å²) in [7, 11) is 0. The lowest BCUT2D eigenvalue weighted by Gasteiger charge is -2.18. The summed E-state index contributed by atoms with van der Waals surface area (Å²) in [6.07, 6.45) is 5.36. The quantitative estimate of drug-likeness (QED) is 0.788. The maximum absolute atomic E-state index is 14.0. The highest BCUT2D eigenvalue weighted by Gasteiger charge is 2.55. The van der Waals surface area contributed by atoms with Crippen LogP contribution in [-0.4, -0.2) is 10.4 Å². The van der Waals surface area contributed by atoms with Gasteiger partial charge in [-0.1, -0.05) is 24.6 Å². The van der Waals surface area contributed by atoms with E-state index in [1.165, 1.54) is 6.07 Å². The summed E-state index contributed by atoms with van der Waals surface area (Å²) >= 11 is 1.60. The van der Waals surface area contributed by atoms with E-state index in [4.69, 9.17) is 12.2 Å². The lowest BCUT2D eigenvalue weighted by Crippen LogP contribution is -2.17. The Morgan fingerprint density at radius 3 is 3.00 bits per heavy atom. The van der Waals surface area contributed by atoms with Crippen LogP contribution in [0, 0.1) is 30.0 Å². The number of hydrogen-bond donors (Lipinski definition) is 1. The molecule has 4 atom stereocenters. The Bertz CT molecular complexity index is 576. The fraction of sp³-hybridized carbons (Fsp3) is 0.357. The van der Waals surface area contributed by atoms with Gasteiger partial charge in [0.1, 0.15) is 5.82 Å². The smallest absolute Gasteiger partial charge is 0.154 e. The fourth-order valence-electron chi connectivity index (χ4n) is 2.64. The zero-order valence-corrected chi connectivity index (χ0v) is 10.7. The summed E-state index contributed by atoms with van der Waals surface area (Å²) in [5.74, 6) is 3.19. The molecule has 4 heteroatoms. The van der Waals surface area contributed by atoms with Crippen LogP contribution < -0.4 is 5.73 Å². The van der Waals surface area contributed by atoms with Crippen LogP contribution in [0.2, 0.25) is 0 Å². The number of nitrogens with two attached hydrogens (primary N) is 1. The van der Waals surface area contributed by atoms with Crippen LogP contribution in [0.15, 0.2) is 23.2 Å². The lowest BCUT2D eigenvalue weighted by molar-refractivity contribution is 0.538. The molecule has 0 aromatic heterocycles. The second kappa shape index (κ2) is 4.03. The Morgan fingerprint density at radius 1 is 1.50 bits per heavy atom. The van der Waals surface area contributed by atoms with Crippen LogP contribution in [-0.2, 0) is 0 Å². The molecule has 0 saturated heterocycles. The first kappa shape index (κ1) is 11.6. The number of hydrogen-bond acceptors (Lipinski definition) is 3. The highest BCUT2D eigenvalue weighted by Crippen LogP contribution is 2.58. The van der Waals surface area contributed by atoms with Crippen molar-refractivity contribution in [2.45, 2.75) is 18.2 Å². The number of rotatable bonds is 1. The second-order valence-corrected chi connectivity index (χ2v) is 6.01. The number of aliphatic imine (C=N–C) groups is 1. The maximum atomic E-state index is 14.0. The highest BCUT2D eigenvalue weighted by molar-refractivity contribution is 8.14.